The summed E-state index contributed by atoms with van der Waals surface area (Å²) < 4.78 is 40.1. The van der Waals surface area contributed by atoms with Crippen molar-refractivity contribution in [2.24, 2.45) is 0 Å². The lowest BCUT2D eigenvalue weighted by atomic mass is 10.1. The maximum absolute atomic E-state index is 12.5. The standard InChI is InChI=1S/C25H26N4O6S2/c1-4-33-22-15-18(8-11-21(22)35-13-5-12-34-20-9-6-17(2)7-10-20)14-19(16-26)23(30)27-24-28-29-25(36-24)37(3,31)32/h6-11,14-15H,4-5,12-13H2,1-3H3,(H,27,28,30). The average molecular weight is 543 g/mol. The summed E-state index contributed by atoms with van der Waals surface area (Å²) in [5.74, 6) is 1.05. The van der Waals surface area contributed by atoms with Crippen LogP contribution in [0.4, 0.5) is 5.13 Å². The van der Waals surface area contributed by atoms with Crippen LogP contribution in [0.5, 0.6) is 17.2 Å². The maximum Gasteiger partial charge on any atom is 0.268 e. The van der Waals surface area contributed by atoms with Gasteiger partial charge in [-0.15, -0.1) is 10.2 Å². The molecule has 12 heteroatoms. The van der Waals surface area contributed by atoms with Crippen LogP contribution < -0.4 is 19.5 Å². The molecule has 0 radical (unpaired) electrons. The van der Waals surface area contributed by atoms with Crippen LogP contribution in [-0.4, -0.2) is 50.6 Å². The van der Waals surface area contributed by atoms with E-state index in [9.17, 15) is 18.5 Å². The molecule has 0 spiro atoms. The number of nitrogens with one attached hydrogen (secondary N) is 1. The Bertz CT molecular complexity index is 1410. The van der Waals surface area contributed by atoms with E-state index >= 15 is 0 Å². The summed E-state index contributed by atoms with van der Waals surface area (Å²) in [6.07, 6.45) is 3.03. The molecule has 3 aromatic rings. The number of ether oxygens (including phenoxy) is 3. The Labute approximate surface area is 219 Å². The fraction of sp³-hybridized carbons (Fsp3) is 0.280. The van der Waals surface area contributed by atoms with Gasteiger partial charge in [0, 0.05) is 12.7 Å². The third-order valence-corrected chi connectivity index (χ3v) is 7.23. The largest absolute Gasteiger partial charge is 0.493 e. The van der Waals surface area contributed by atoms with Gasteiger partial charge in [0.1, 0.15) is 17.4 Å². The van der Waals surface area contributed by atoms with Crippen LogP contribution in [0.2, 0.25) is 0 Å². The van der Waals surface area contributed by atoms with E-state index < -0.39 is 15.7 Å². The summed E-state index contributed by atoms with van der Waals surface area (Å²) in [6, 6.07) is 14.7. The molecule has 1 heterocycles. The predicted molar refractivity (Wildman–Crippen MR) is 140 cm³/mol. The highest BCUT2D eigenvalue weighted by molar-refractivity contribution is 7.92. The molecular formula is C25H26N4O6S2. The second-order valence-corrected chi connectivity index (χ2v) is 10.9. The van der Waals surface area contributed by atoms with E-state index in [4.69, 9.17) is 14.2 Å². The van der Waals surface area contributed by atoms with Crippen LogP contribution in [0.3, 0.4) is 0 Å². The van der Waals surface area contributed by atoms with Gasteiger partial charge in [0.05, 0.1) is 19.8 Å². The Morgan fingerprint density at radius 1 is 1.08 bits per heavy atom. The number of hydrogen-bond donors (Lipinski definition) is 1. The Hall–Kier alpha value is -3.95. The average Bonchev–Trinajstić information content (AvgIpc) is 3.34. The van der Waals surface area contributed by atoms with E-state index in [1.54, 1.807) is 18.2 Å². The third kappa shape index (κ3) is 8.30. The van der Waals surface area contributed by atoms with Crippen LogP contribution in [0.25, 0.3) is 6.08 Å². The van der Waals surface area contributed by atoms with Crippen LogP contribution >= 0.6 is 11.3 Å². The summed E-state index contributed by atoms with van der Waals surface area (Å²) in [4.78, 5) is 12.5. The number of sulfone groups is 1. The molecule has 0 aliphatic heterocycles. The van der Waals surface area contributed by atoms with Crippen molar-refractivity contribution < 1.29 is 27.4 Å². The first-order chi connectivity index (χ1) is 17.7. The van der Waals surface area contributed by atoms with Crippen molar-refractivity contribution in [1.82, 2.24) is 10.2 Å². The quantitative estimate of drug-likeness (QED) is 0.155. The second-order valence-electron chi connectivity index (χ2n) is 7.77. The van der Waals surface area contributed by atoms with Gasteiger partial charge in [0.25, 0.3) is 5.91 Å². The molecular weight excluding hydrogens is 516 g/mol. The molecule has 3 rings (SSSR count). The first-order valence-electron chi connectivity index (χ1n) is 11.3. The summed E-state index contributed by atoms with van der Waals surface area (Å²) >= 11 is 0.699. The van der Waals surface area contributed by atoms with Crippen LogP contribution in [-0.2, 0) is 14.6 Å². The normalized spacial score (nSPS) is 11.5. The van der Waals surface area contributed by atoms with Crippen molar-refractivity contribution >= 4 is 38.3 Å². The molecule has 0 unspecified atom stereocenters. The fourth-order valence-corrected chi connectivity index (χ4v) is 4.46. The molecule has 0 aliphatic carbocycles. The van der Waals surface area contributed by atoms with Gasteiger partial charge in [-0.2, -0.15) is 5.26 Å². The van der Waals surface area contributed by atoms with Gasteiger partial charge in [-0.05, 0) is 49.8 Å². The number of nitrogens with zero attached hydrogens (tertiary/aromatic N) is 3. The van der Waals surface area contributed by atoms with Gasteiger partial charge >= 0.3 is 0 Å². The lowest BCUT2D eigenvalue weighted by Crippen LogP contribution is -2.13. The number of aromatic nitrogens is 2. The summed E-state index contributed by atoms with van der Waals surface area (Å²) in [5.41, 5.74) is 1.50. The van der Waals surface area contributed by atoms with Crippen molar-refractivity contribution in [2.75, 3.05) is 31.4 Å². The molecule has 37 heavy (non-hydrogen) atoms. The van der Waals surface area contributed by atoms with Crippen molar-refractivity contribution in [3.05, 3.63) is 59.2 Å². The highest BCUT2D eigenvalue weighted by Crippen LogP contribution is 2.30. The number of rotatable bonds is 12. The molecule has 10 nitrogen and oxygen atoms in total. The van der Waals surface area contributed by atoms with E-state index in [2.05, 4.69) is 15.5 Å². The summed E-state index contributed by atoms with van der Waals surface area (Å²) in [5, 5.41) is 19.0. The van der Waals surface area contributed by atoms with E-state index in [1.807, 2.05) is 44.2 Å². The molecule has 0 atom stereocenters. The summed E-state index contributed by atoms with van der Waals surface area (Å²) in [6.45, 7) is 5.15. The van der Waals surface area contributed by atoms with E-state index in [0.29, 0.717) is 54.6 Å². The van der Waals surface area contributed by atoms with Crippen molar-refractivity contribution in [2.45, 2.75) is 24.6 Å². The van der Waals surface area contributed by atoms with Gasteiger partial charge < -0.3 is 14.2 Å². The number of anilines is 1. The number of hydrogen-bond acceptors (Lipinski definition) is 10. The lowest BCUT2D eigenvalue weighted by Gasteiger charge is -2.13. The van der Waals surface area contributed by atoms with Crippen LogP contribution in [0, 0.1) is 18.3 Å². The third-order valence-electron chi connectivity index (χ3n) is 4.72. The smallest absolute Gasteiger partial charge is 0.268 e. The number of carbonyl (C=O) groups is 1. The van der Waals surface area contributed by atoms with Gasteiger partial charge in [0.15, 0.2) is 11.5 Å². The highest BCUT2D eigenvalue weighted by Gasteiger charge is 2.18. The fourth-order valence-electron chi connectivity index (χ4n) is 2.96. The van der Waals surface area contributed by atoms with Crippen molar-refractivity contribution in [1.29, 1.82) is 5.26 Å². The number of benzene rings is 2. The van der Waals surface area contributed by atoms with Gasteiger partial charge in [-0.3, -0.25) is 10.1 Å². The maximum atomic E-state index is 12.5. The number of carbonyl (C=O) groups excluding carboxylic acids is 1. The number of aryl methyl sites for hydroxylation is 1. The highest BCUT2D eigenvalue weighted by atomic mass is 32.2. The van der Waals surface area contributed by atoms with Gasteiger partial charge in [0.2, 0.25) is 19.3 Å². The first kappa shape index (κ1) is 27.6. The summed E-state index contributed by atoms with van der Waals surface area (Å²) in [7, 11) is -3.55. The van der Waals surface area contributed by atoms with Crippen LogP contribution in [0.15, 0.2) is 52.4 Å². The molecule has 1 aromatic heterocycles. The minimum Gasteiger partial charge on any atom is -0.493 e. The Balaban J connectivity index is 1.62. The monoisotopic (exact) mass is 542 g/mol. The molecule has 194 valence electrons. The van der Waals surface area contributed by atoms with Crippen molar-refractivity contribution in [3.8, 4) is 23.3 Å². The lowest BCUT2D eigenvalue weighted by molar-refractivity contribution is -0.112. The van der Waals surface area contributed by atoms with Gasteiger partial charge in [-0.1, -0.05) is 35.1 Å². The zero-order valence-electron chi connectivity index (χ0n) is 20.6. The SMILES string of the molecule is CCOc1cc(C=C(C#N)C(=O)Nc2nnc(S(C)(=O)=O)s2)ccc1OCCCOc1ccc(C)cc1. The van der Waals surface area contributed by atoms with Crippen LogP contribution in [0.1, 0.15) is 24.5 Å². The molecule has 0 aliphatic rings. The molecule has 0 saturated carbocycles. The Morgan fingerprint density at radius 3 is 2.46 bits per heavy atom. The zero-order chi connectivity index (χ0) is 26.8. The molecule has 0 saturated heterocycles. The number of amides is 1. The molecule has 1 N–H and O–H groups in total. The predicted octanol–water partition coefficient (Wildman–Crippen LogP) is 4.04. The Kier molecular flexibility index (Phi) is 9.59. The minimum absolute atomic E-state index is 0.0308. The molecule has 0 bridgehead atoms. The topological polar surface area (TPSA) is 140 Å². The van der Waals surface area contributed by atoms with Gasteiger partial charge in [-0.25, -0.2) is 8.42 Å². The minimum atomic E-state index is -3.55. The van der Waals surface area contributed by atoms with E-state index in [0.717, 1.165) is 12.0 Å². The first-order valence-corrected chi connectivity index (χ1v) is 14.0. The molecule has 1 amide bonds. The second kappa shape index (κ2) is 12.8. The Morgan fingerprint density at radius 2 is 1.81 bits per heavy atom. The van der Waals surface area contributed by atoms with E-state index in [-0.39, 0.29) is 15.0 Å². The molecule has 0 fully saturated rings. The zero-order valence-corrected chi connectivity index (χ0v) is 22.2. The molecule has 2 aromatic carbocycles. The van der Waals surface area contributed by atoms with E-state index in [1.165, 1.54) is 11.6 Å². The number of nitriles is 1. The van der Waals surface area contributed by atoms with Crippen molar-refractivity contribution in [3.63, 3.8) is 0 Å².